The standard InChI is InChI=1S/C17H15FO4.C2H4O2/c1-21-14-6-2-12(3-7-14)16(19)10-11-17(20)22-15-8-4-13(18)5-9-15;1-2(3)4/h2-9H,10-11H2,1H3;1H3,(H,3,4). The van der Waals surface area contributed by atoms with Gasteiger partial charge in [0.15, 0.2) is 5.78 Å². The molecule has 0 aliphatic rings. The summed E-state index contributed by atoms with van der Waals surface area (Å²) in [6.07, 6.45) is 0.00853. The summed E-state index contributed by atoms with van der Waals surface area (Å²) in [6.45, 7) is 1.08. The topological polar surface area (TPSA) is 89.9 Å². The Morgan fingerprint density at radius 1 is 0.923 bits per heavy atom. The Bertz CT molecular complexity index is 734. The summed E-state index contributed by atoms with van der Waals surface area (Å²) < 4.78 is 22.7. The number of carbonyl (C=O) groups is 3. The number of halogens is 1. The maximum Gasteiger partial charge on any atom is 0.311 e. The van der Waals surface area contributed by atoms with E-state index in [1.165, 1.54) is 24.3 Å². The minimum Gasteiger partial charge on any atom is -0.497 e. The van der Waals surface area contributed by atoms with Gasteiger partial charge in [0.1, 0.15) is 17.3 Å². The molecule has 26 heavy (non-hydrogen) atoms. The van der Waals surface area contributed by atoms with Gasteiger partial charge in [0, 0.05) is 18.9 Å². The van der Waals surface area contributed by atoms with Crippen LogP contribution in [0.1, 0.15) is 30.1 Å². The number of methoxy groups -OCH3 is 1. The Kier molecular flexibility index (Phi) is 8.49. The third-order valence-electron chi connectivity index (χ3n) is 3.01. The second-order valence-corrected chi connectivity index (χ2v) is 5.10. The van der Waals surface area contributed by atoms with Crippen LogP contribution in [-0.4, -0.2) is 29.9 Å². The molecule has 0 aliphatic carbocycles. The molecule has 0 saturated carbocycles. The van der Waals surface area contributed by atoms with Crippen molar-refractivity contribution in [2.75, 3.05) is 7.11 Å². The van der Waals surface area contributed by atoms with Crippen LogP contribution in [0.4, 0.5) is 4.39 Å². The fourth-order valence-electron chi connectivity index (χ4n) is 1.82. The van der Waals surface area contributed by atoms with Crippen molar-refractivity contribution in [3.63, 3.8) is 0 Å². The van der Waals surface area contributed by atoms with E-state index in [9.17, 15) is 14.0 Å². The predicted molar refractivity (Wildman–Crippen MR) is 91.9 cm³/mol. The molecule has 0 saturated heterocycles. The highest BCUT2D eigenvalue weighted by atomic mass is 19.1. The van der Waals surface area contributed by atoms with Gasteiger partial charge in [-0.25, -0.2) is 4.39 Å². The Morgan fingerprint density at radius 3 is 1.92 bits per heavy atom. The SMILES string of the molecule is CC(=O)O.COc1ccc(C(=O)CCC(=O)Oc2ccc(F)cc2)cc1. The lowest BCUT2D eigenvalue weighted by Crippen LogP contribution is -2.10. The molecule has 2 aromatic rings. The Hall–Kier alpha value is -3.22. The van der Waals surface area contributed by atoms with Gasteiger partial charge in [-0.15, -0.1) is 0 Å². The summed E-state index contributed by atoms with van der Waals surface area (Å²) in [6, 6.07) is 11.8. The molecule has 7 heteroatoms. The van der Waals surface area contributed by atoms with Crippen molar-refractivity contribution in [3.05, 3.63) is 59.9 Å². The number of carboxylic acids is 1. The van der Waals surface area contributed by atoms with Gasteiger partial charge in [0.05, 0.1) is 13.5 Å². The zero-order valence-electron chi connectivity index (χ0n) is 14.4. The van der Waals surface area contributed by atoms with Crippen molar-refractivity contribution in [2.45, 2.75) is 19.8 Å². The third-order valence-corrected chi connectivity index (χ3v) is 3.01. The molecule has 2 aromatic carbocycles. The van der Waals surface area contributed by atoms with E-state index in [0.29, 0.717) is 11.3 Å². The van der Waals surface area contributed by atoms with Crippen LogP contribution >= 0.6 is 0 Å². The highest BCUT2D eigenvalue weighted by molar-refractivity contribution is 5.97. The molecular weight excluding hydrogens is 343 g/mol. The lowest BCUT2D eigenvalue weighted by molar-refractivity contribution is -0.135. The summed E-state index contributed by atoms with van der Waals surface area (Å²) in [5, 5.41) is 7.42. The first-order valence-corrected chi connectivity index (χ1v) is 7.65. The number of ketones is 1. The third kappa shape index (κ3) is 8.05. The van der Waals surface area contributed by atoms with E-state index in [2.05, 4.69) is 0 Å². The number of ether oxygens (including phenoxy) is 2. The fourth-order valence-corrected chi connectivity index (χ4v) is 1.82. The van der Waals surface area contributed by atoms with Crippen LogP contribution in [0.15, 0.2) is 48.5 Å². The summed E-state index contributed by atoms with van der Waals surface area (Å²) in [4.78, 5) is 32.6. The van der Waals surface area contributed by atoms with Gasteiger partial charge in [0.2, 0.25) is 0 Å². The van der Waals surface area contributed by atoms with E-state index in [1.54, 1.807) is 31.4 Å². The largest absolute Gasteiger partial charge is 0.497 e. The van der Waals surface area contributed by atoms with Crippen LogP contribution in [0.3, 0.4) is 0 Å². The minimum atomic E-state index is -0.833. The van der Waals surface area contributed by atoms with Crippen molar-refractivity contribution in [2.24, 2.45) is 0 Å². The molecule has 0 radical (unpaired) electrons. The lowest BCUT2D eigenvalue weighted by Gasteiger charge is -2.05. The fraction of sp³-hybridized carbons (Fsp3) is 0.211. The minimum absolute atomic E-state index is 0.0394. The van der Waals surface area contributed by atoms with Crippen molar-refractivity contribution < 1.29 is 33.4 Å². The monoisotopic (exact) mass is 362 g/mol. The van der Waals surface area contributed by atoms with Gasteiger partial charge in [-0.1, -0.05) is 0 Å². The number of hydrogen-bond donors (Lipinski definition) is 1. The van der Waals surface area contributed by atoms with Crippen molar-refractivity contribution in [1.29, 1.82) is 0 Å². The van der Waals surface area contributed by atoms with Gasteiger partial charge in [-0.2, -0.15) is 0 Å². The second kappa shape index (κ2) is 10.6. The van der Waals surface area contributed by atoms with Gasteiger partial charge in [-0.05, 0) is 48.5 Å². The van der Waals surface area contributed by atoms with Crippen LogP contribution < -0.4 is 9.47 Å². The van der Waals surface area contributed by atoms with Crippen LogP contribution in [0.25, 0.3) is 0 Å². The van der Waals surface area contributed by atoms with Gasteiger partial charge < -0.3 is 14.6 Å². The van der Waals surface area contributed by atoms with E-state index < -0.39 is 17.8 Å². The van der Waals surface area contributed by atoms with Crippen molar-refractivity contribution >= 4 is 17.7 Å². The second-order valence-electron chi connectivity index (χ2n) is 5.10. The Morgan fingerprint density at radius 2 is 1.42 bits per heavy atom. The van der Waals surface area contributed by atoms with Crippen LogP contribution in [0.2, 0.25) is 0 Å². The number of benzene rings is 2. The van der Waals surface area contributed by atoms with E-state index in [1.807, 2.05) is 0 Å². The van der Waals surface area contributed by atoms with E-state index >= 15 is 0 Å². The molecule has 138 valence electrons. The zero-order chi connectivity index (χ0) is 19.5. The molecular formula is C19H19FO6. The van der Waals surface area contributed by atoms with Gasteiger partial charge in [0.25, 0.3) is 5.97 Å². The molecule has 0 spiro atoms. The molecule has 0 amide bonds. The molecule has 2 rings (SSSR count). The maximum atomic E-state index is 12.7. The zero-order valence-corrected chi connectivity index (χ0v) is 14.4. The van der Waals surface area contributed by atoms with E-state index in [4.69, 9.17) is 19.4 Å². The van der Waals surface area contributed by atoms with Crippen molar-refractivity contribution in [3.8, 4) is 11.5 Å². The number of rotatable bonds is 6. The average Bonchev–Trinajstić information content (AvgIpc) is 2.61. The smallest absolute Gasteiger partial charge is 0.311 e. The molecule has 0 unspecified atom stereocenters. The van der Waals surface area contributed by atoms with Crippen molar-refractivity contribution in [1.82, 2.24) is 0 Å². The van der Waals surface area contributed by atoms with E-state index in [0.717, 1.165) is 6.92 Å². The molecule has 0 bridgehead atoms. The first-order valence-electron chi connectivity index (χ1n) is 7.65. The van der Waals surface area contributed by atoms with Crippen LogP contribution in [0, 0.1) is 5.82 Å². The highest BCUT2D eigenvalue weighted by Gasteiger charge is 2.11. The summed E-state index contributed by atoms with van der Waals surface area (Å²) >= 11 is 0. The predicted octanol–water partition coefficient (Wildman–Crippen LogP) is 3.49. The summed E-state index contributed by atoms with van der Waals surface area (Å²) in [5.74, 6) is -1.02. The van der Waals surface area contributed by atoms with Crippen LogP contribution in [-0.2, 0) is 9.59 Å². The Labute approximate surface area is 150 Å². The number of esters is 1. The lowest BCUT2D eigenvalue weighted by atomic mass is 10.1. The number of aliphatic carboxylic acids is 1. The Balaban J connectivity index is 0.000000765. The number of hydrogen-bond acceptors (Lipinski definition) is 5. The molecule has 0 aromatic heterocycles. The summed E-state index contributed by atoms with van der Waals surface area (Å²) in [7, 11) is 1.54. The quantitative estimate of drug-likeness (QED) is 0.481. The first-order chi connectivity index (χ1) is 12.3. The number of carbonyl (C=O) groups excluding carboxylic acids is 2. The number of carboxylic acid groups (broad SMARTS) is 1. The highest BCUT2D eigenvalue weighted by Crippen LogP contribution is 2.15. The van der Waals surface area contributed by atoms with Crippen LogP contribution in [0.5, 0.6) is 11.5 Å². The molecule has 1 N–H and O–H groups in total. The first kappa shape index (κ1) is 20.8. The van der Waals surface area contributed by atoms with Gasteiger partial charge in [-0.3, -0.25) is 14.4 Å². The molecule has 0 aliphatic heterocycles. The molecule has 0 heterocycles. The molecule has 6 nitrogen and oxygen atoms in total. The molecule has 0 fully saturated rings. The van der Waals surface area contributed by atoms with E-state index in [-0.39, 0.29) is 24.4 Å². The average molecular weight is 362 g/mol. The molecule has 0 atom stereocenters. The normalized spacial score (nSPS) is 9.50. The number of Topliss-reactive ketones (excluding diaryl/α,β-unsaturated/α-hetero) is 1. The summed E-state index contributed by atoms with van der Waals surface area (Å²) in [5.41, 5.74) is 0.510. The van der Waals surface area contributed by atoms with Gasteiger partial charge >= 0.3 is 5.97 Å². The maximum absolute atomic E-state index is 12.7.